The van der Waals surface area contributed by atoms with E-state index in [9.17, 15) is 19.2 Å². The van der Waals surface area contributed by atoms with E-state index in [1.54, 1.807) is 43.2 Å². The van der Waals surface area contributed by atoms with Gasteiger partial charge in [-0.25, -0.2) is 14.7 Å². The molecule has 0 radical (unpaired) electrons. The number of alkyl halides is 4. The zero-order valence-electron chi connectivity index (χ0n) is 20.4. The summed E-state index contributed by atoms with van der Waals surface area (Å²) in [7, 11) is 0. The molecule has 1 saturated carbocycles. The van der Waals surface area contributed by atoms with E-state index < -0.39 is 56.1 Å². The lowest BCUT2D eigenvalue weighted by Crippen LogP contribution is -2.71. The van der Waals surface area contributed by atoms with Crippen LogP contribution in [0, 0.1) is 5.92 Å². The fourth-order valence-corrected chi connectivity index (χ4v) is 6.85. The molecule has 5 atom stereocenters. The molecule has 4 unspecified atom stereocenters. The van der Waals surface area contributed by atoms with Crippen molar-refractivity contribution in [2.75, 3.05) is 17.0 Å². The number of hydrogen-bond acceptors (Lipinski definition) is 8. The maximum Gasteiger partial charge on any atom is 0.330 e. The maximum absolute atomic E-state index is 13.3. The summed E-state index contributed by atoms with van der Waals surface area (Å²) in [5.41, 5.74) is 0.0498. The van der Waals surface area contributed by atoms with E-state index in [2.05, 4.69) is 21.2 Å². The van der Waals surface area contributed by atoms with E-state index in [0.717, 1.165) is 17.9 Å². The lowest BCUT2D eigenvalue weighted by Gasteiger charge is -2.44. The van der Waals surface area contributed by atoms with Crippen LogP contribution in [0.4, 0.5) is 5.69 Å². The number of hydrogen-bond donors (Lipinski definition) is 1. The minimum atomic E-state index is -1.80. The smallest absolute Gasteiger partial charge is 0.330 e. The highest BCUT2D eigenvalue weighted by Gasteiger charge is 2.66. The number of nitrogens with one attached hydrogen (secondary N) is 1. The second kappa shape index (κ2) is 11.6. The topological polar surface area (TPSA) is 105 Å². The van der Waals surface area contributed by atoms with Crippen molar-refractivity contribution in [1.29, 1.82) is 0 Å². The van der Waals surface area contributed by atoms with Gasteiger partial charge in [-0.1, -0.05) is 68.9 Å². The Morgan fingerprint density at radius 2 is 1.97 bits per heavy atom. The van der Waals surface area contributed by atoms with Crippen molar-refractivity contribution in [1.82, 2.24) is 10.2 Å². The highest BCUT2D eigenvalue weighted by molar-refractivity contribution is 9.09. The Bertz CT molecular complexity index is 1150. The first-order valence-electron chi connectivity index (χ1n) is 11.8. The monoisotopic (exact) mass is 667 g/mol. The van der Waals surface area contributed by atoms with Crippen molar-refractivity contribution in [3.63, 3.8) is 0 Å². The minimum Gasteiger partial charge on any atom is -0.460 e. The van der Waals surface area contributed by atoms with Crippen LogP contribution in [0.3, 0.4) is 0 Å². The van der Waals surface area contributed by atoms with Crippen molar-refractivity contribution in [2.45, 2.75) is 58.8 Å². The van der Waals surface area contributed by atoms with Crippen molar-refractivity contribution >= 4 is 91.9 Å². The average Bonchev–Trinajstić information content (AvgIpc) is 3.70. The van der Waals surface area contributed by atoms with Crippen molar-refractivity contribution in [2.24, 2.45) is 5.92 Å². The summed E-state index contributed by atoms with van der Waals surface area (Å²) in [5, 5.41) is 3.55. The minimum absolute atomic E-state index is 0.239. The third-order valence-electron chi connectivity index (χ3n) is 6.54. The van der Waals surface area contributed by atoms with Crippen LogP contribution < -0.4 is 10.4 Å². The summed E-state index contributed by atoms with van der Waals surface area (Å²) in [4.78, 5) is 58.7. The first-order chi connectivity index (χ1) is 17.9. The number of anilines is 1. The maximum atomic E-state index is 13.3. The van der Waals surface area contributed by atoms with Crippen molar-refractivity contribution < 1.29 is 28.8 Å². The zero-order chi connectivity index (χ0) is 27.8. The lowest BCUT2D eigenvalue weighted by molar-refractivity contribution is -0.164. The zero-order valence-corrected chi connectivity index (χ0v) is 25.0. The summed E-state index contributed by atoms with van der Waals surface area (Å²) in [6, 6.07) is 6.72. The van der Waals surface area contributed by atoms with E-state index in [0.29, 0.717) is 16.9 Å². The second-order valence-electron chi connectivity index (χ2n) is 9.51. The number of carbonyl (C=O) groups excluding carboxylic acids is 4. The van der Waals surface area contributed by atoms with E-state index in [1.165, 1.54) is 16.7 Å². The van der Waals surface area contributed by atoms with Crippen LogP contribution in [0.15, 0.2) is 36.0 Å². The Balaban J connectivity index is 1.50. The van der Waals surface area contributed by atoms with Crippen LogP contribution in [0.5, 0.6) is 0 Å². The van der Waals surface area contributed by atoms with Crippen LogP contribution in [0.2, 0.25) is 0 Å². The predicted molar refractivity (Wildman–Crippen MR) is 149 cm³/mol. The average molecular weight is 670 g/mol. The number of amides is 2. The normalized spacial score (nSPS) is 27.1. The van der Waals surface area contributed by atoms with Gasteiger partial charge in [-0.15, -0.1) is 11.8 Å². The molecule has 3 aliphatic rings. The molecule has 206 valence electrons. The molecule has 38 heavy (non-hydrogen) atoms. The molecular formula is C24H25BrCl3N3O6S. The number of para-hydroxylation sites is 1. The Labute approximate surface area is 247 Å². The number of thioether (sulfide) groups is 1. The molecule has 0 bridgehead atoms. The molecule has 14 heteroatoms. The predicted octanol–water partition coefficient (Wildman–Crippen LogP) is 3.77. The van der Waals surface area contributed by atoms with Gasteiger partial charge in [-0.3, -0.25) is 14.4 Å². The number of hydroxylamine groups is 1. The van der Waals surface area contributed by atoms with Crippen LogP contribution in [0.1, 0.15) is 26.7 Å². The number of fused-ring (bicyclic) bond motifs is 1. The number of benzene rings is 1. The second-order valence-corrected chi connectivity index (χ2v) is 14.2. The molecule has 9 nitrogen and oxygen atoms in total. The number of β-lactam (4-membered cyclic amide) rings is 1. The van der Waals surface area contributed by atoms with Crippen LogP contribution in [0.25, 0.3) is 0 Å². The Morgan fingerprint density at radius 1 is 1.32 bits per heavy atom. The van der Waals surface area contributed by atoms with Gasteiger partial charge in [0, 0.05) is 5.33 Å². The summed E-state index contributed by atoms with van der Waals surface area (Å²) in [6.07, 6.45) is 1.76. The molecule has 1 aliphatic carbocycles. The molecule has 1 aromatic carbocycles. The lowest BCUT2D eigenvalue weighted by atomic mass is 9.96. The van der Waals surface area contributed by atoms with E-state index in [-0.39, 0.29) is 6.10 Å². The molecule has 2 saturated heterocycles. The quantitative estimate of drug-likeness (QED) is 0.100. The largest absolute Gasteiger partial charge is 0.460 e. The Hall–Kier alpha value is -1.46. The highest BCUT2D eigenvalue weighted by atomic mass is 79.9. The molecule has 4 rings (SSSR count). The van der Waals surface area contributed by atoms with Gasteiger partial charge >= 0.3 is 5.97 Å². The Kier molecular flexibility index (Phi) is 8.99. The van der Waals surface area contributed by atoms with Gasteiger partial charge in [0.05, 0.1) is 16.5 Å². The summed E-state index contributed by atoms with van der Waals surface area (Å²) < 4.78 is 2.59. The van der Waals surface area contributed by atoms with Gasteiger partial charge in [0.25, 0.3) is 5.91 Å². The third-order valence-corrected chi connectivity index (χ3v) is 10.1. The first kappa shape index (κ1) is 29.5. The standard InChI is InChI=1S/C24H25BrCl3N3O6S/c1-13(14-8-9-14)37-31(15-6-4-3-5-7-15)16(10-32)19(33)29-17-20(34)30-18(22(35)36-12-24(26,27)28)23(2,11-25)38-21(17)30/h3-7,13-14,17-18,21H,8-9,11-12H2,1-2H3,(H,29,33)/t13?,17?,18?,21-,23?/m1/s1. The van der Waals surface area contributed by atoms with Crippen LogP contribution in [-0.2, 0) is 28.8 Å². The summed E-state index contributed by atoms with van der Waals surface area (Å²) >= 11 is 21.9. The SMILES string of the molecule is CC(ON(C(=C=O)C(=O)NC1C(=O)N2C(C(=O)OCC(Cl)(Cl)Cl)C(C)(CBr)S[C@H]12)c1ccccc1)C1CC1. The molecule has 0 spiro atoms. The van der Waals surface area contributed by atoms with Crippen LogP contribution in [-0.4, -0.2) is 72.7 Å². The highest BCUT2D eigenvalue weighted by Crippen LogP contribution is 2.52. The van der Waals surface area contributed by atoms with Crippen molar-refractivity contribution in [3.8, 4) is 0 Å². The molecule has 1 N–H and O–H groups in total. The molecule has 2 amide bonds. The summed E-state index contributed by atoms with van der Waals surface area (Å²) in [5.74, 6) is -0.0391. The van der Waals surface area contributed by atoms with Gasteiger partial charge < -0.3 is 15.0 Å². The number of nitrogens with zero attached hydrogens (tertiary/aromatic N) is 2. The molecule has 2 heterocycles. The number of rotatable bonds is 10. The number of carbonyl (C=O) groups is 3. The fraction of sp³-hybridized carbons (Fsp3) is 0.542. The van der Waals surface area contributed by atoms with Crippen molar-refractivity contribution in [3.05, 3.63) is 36.0 Å². The Morgan fingerprint density at radius 3 is 2.53 bits per heavy atom. The van der Waals surface area contributed by atoms with E-state index >= 15 is 0 Å². The number of halogens is 4. The van der Waals surface area contributed by atoms with Crippen LogP contribution >= 0.6 is 62.5 Å². The van der Waals surface area contributed by atoms with Gasteiger partial charge in [-0.2, -0.15) is 0 Å². The summed E-state index contributed by atoms with van der Waals surface area (Å²) in [6.45, 7) is 3.18. The number of ether oxygens (including phenoxy) is 1. The molecular weight excluding hydrogens is 645 g/mol. The van der Waals surface area contributed by atoms with E-state index in [4.69, 9.17) is 44.4 Å². The fourth-order valence-electron chi connectivity index (χ4n) is 4.37. The molecule has 2 aliphatic heterocycles. The number of esters is 1. The molecule has 1 aromatic rings. The van der Waals surface area contributed by atoms with Gasteiger partial charge in [0.1, 0.15) is 24.1 Å². The molecule has 0 aromatic heterocycles. The van der Waals surface area contributed by atoms with E-state index in [1.807, 2.05) is 6.92 Å². The van der Waals surface area contributed by atoms with Gasteiger partial charge in [0.15, 0.2) is 5.94 Å². The van der Waals surface area contributed by atoms with Gasteiger partial charge in [0.2, 0.25) is 15.4 Å². The third kappa shape index (κ3) is 6.14. The van der Waals surface area contributed by atoms with Gasteiger partial charge in [-0.05, 0) is 44.7 Å². The molecule has 3 fully saturated rings. The first-order valence-corrected chi connectivity index (χ1v) is 14.9.